The van der Waals surface area contributed by atoms with Gasteiger partial charge < -0.3 is 0 Å². The van der Waals surface area contributed by atoms with Crippen molar-refractivity contribution in [2.45, 2.75) is 120 Å². The number of alkyl halides is 13. The first-order chi connectivity index (χ1) is 16.2. The maximum Gasteiger partial charge on any atom is 0.460 e. The summed E-state index contributed by atoms with van der Waals surface area (Å²) in [5, 5.41) is 0. The highest BCUT2D eigenvalue weighted by Crippen LogP contribution is 2.62. The van der Waals surface area contributed by atoms with E-state index in [4.69, 9.17) is 0 Å². The van der Waals surface area contributed by atoms with E-state index in [2.05, 4.69) is 6.92 Å². The molecule has 0 amide bonds. The van der Waals surface area contributed by atoms with Crippen LogP contribution >= 0.6 is 0 Å². The summed E-state index contributed by atoms with van der Waals surface area (Å²) in [4.78, 5) is 0. The van der Waals surface area contributed by atoms with Crippen molar-refractivity contribution in [3.8, 4) is 0 Å². The van der Waals surface area contributed by atoms with Gasteiger partial charge in [-0.2, -0.15) is 57.1 Å². The molecule has 0 N–H and O–H groups in total. The van der Waals surface area contributed by atoms with E-state index in [0.717, 1.165) is 44.9 Å². The van der Waals surface area contributed by atoms with E-state index in [1.54, 1.807) is 0 Å². The van der Waals surface area contributed by atoms with Gasteiger partial charge in [-0.1, -0.05) is 58.3 Å². The van der Waals surface area contributed by atoms with Crippen molar-refractivity contribution in [3.63, 3.8) is 0 Å². The Balaban J connectivity index is 2.01. The fourth-order valence-electron chi connectivity index (χ4n) is 5.54. The zero-order chi connectivity index (χ0) is 27.8. The smallest absolute Gasteiger partial charge is 0.199 e. The largest absolute Gasteiger partial charge is 0.460 e. The normalized spacial score (nSPS) is 27.8. The van der Waals surface area contributed by atoms with Gasteiger partial charge in [-0.05, 0) is 43.4 Å². The molecule has 0 heterocycles. The molecule has 0 unspecified atom stereocenters. The fourth-order valence-corrected chi connectivity index (χ4v) is 5.54. The number of rotatable bonds is 10. The second-order valence-electron chi connectivity index (χ2n) is 10.4. The Morgan fingerprint density at radius 1 is 0.444 bits per heavy atom. The molecule has 0 spiro atoms. The van der Waals surface area contributed by atoms with Gasteiger partial charge in [-0.3, -0.25) is 0 Å². The average molecular weight is 554 g/mol. The summed E-state index contributed by atoms with van der Waals surface area (Å²) in [7, 11) is 0. The molecule has 0 aliphatic heterocycles. The van der Waals surface area contributed by atoms with Crippen molar-refractivity contribution in [1.29, 1.82) is 0 Å². The van der Waals surface area contributed by atoms with Crippen LogP contribution in [-0.4, -0.2) is 35.8 Å². The topological polar surface area (TPSA) is 0 Å². The predicted octanol–water partition coefficient (Wildman–Crippen LogP) is 9.92. The summed E-state index contributed by atoms with van der Waals surface area (Å²) >= 11 is 0. The van der Waals surface area contributed by atoms with Crippen molar-refractivity contribution in [1.82, 2.24) is 0 Å². The highest BCUT2D eigenvalue weighted by Gasteiger charge is 2.91. The van der Waals surface area contributed by atoms with Gasteiger partial charge in [0.1, 0.15) is 0 Å². The Morgan fingerprint density at radius 2 is 0.778 bits per heavy atom. The maximum atomic E-state index is 14.4. The summed E-state index contributed by atoms with van der Waals surface area (Å²) in [5.41, 5.74) is 0. The van der Waals surface area contributed by atoms with Crippen LogP contribution in [0.5, 0.6) is 0 Å². The van der Waals surface area contributed by atoms with E-state index in [1.165, 1.54) is 0 Å². The SMILES string of the molecule is CCCC1CCC(CCC2CCC(C(F)(F)C(F)(F)C(F)(F)C(F)(F)C(F)(F)C(F)(F)F)CC2)CC1. The molecule has 13 heteroatoms. The Morgan fingerprint density at radius 3 is 1.14 bits per heavy atom. The second kappa shape index (κ2) is 10.7. The van der Waals surface area contributed by atoms with E-state index in [9.17, 15) is 57.1 Å². The van der Waals surface area contributed by atoms with Gasteiger partial charge in [0.05, 0.1) is 0 Å². The van der Waals surface area contributed by atoms with Crippen LogP contribution in [0.25, 0.3) is 0 Å². The summed E-state index contributed by atoms with van der Waals surface area (Å²) in [6.45, 7) is 2.10. The van der Waals surface area contributed by atoms with Gasteiger partial charge >= 0.3 is 35.8 Å². The molecule has 0 saturated heterocycles. The lowest BCUT2D eigenvalue weighted by molar-refractivity contribution is -0.443. The van der Waals surface area contributed by atoms with Crippen LogP contribution in [0.3, 0.4) is 0 Å². The van der Waals surface area contributed by atoms with Crippen LogP contribution in [-0.2, 0) is 0 Å². The lowest BCUT2D eigenvalue weighted by atomic mass is 9.72. The summed E-state index contributed by atoms with van der Waals surface area (Å²) < 4.78 is 174. The molecule has 0 bridgehead atoms. The van der Waals surface area contributed by atoms with Crippen molar-refractivity contribution >= 4 is 0 Å². The molecule has 2 rings (SSSR count). The summed E-state index contributed by atoms with van der Waals surface area (Å²) in [6, 6.07) is 0. The molecule has 0 aromatic rings. The molecule has 2 saturated carbocycles. The van der Waals surface area contributed by atoms with Crippen molar-refractivity contribution in [2.24, 2.45) is 23.7 Å². The molecular formula is C23H31F13. The molecule has 0 aromatic carbocycles. The molecule has 2 fully saturated rings. The zero-order valence-corrected chi connectivity index (χ0v) is 19.7. The zero-order valence-electron chi connectivity index (χ0n) is 19.7. The second-order valence-corrected chi connectivity index (χ2v) is 10.4. The Kier molecular flexibility index (Phi) is 9.30. The number of hydrogen-bond acceptors (Lipinski definition) is 0. The van der Waals surface area contributed by atoms with Crippen molar-refractivity contribution in [3.05, 3.63) is 0 Å². The van der Waals surface area contributed by atoms with E-state index in [-0.39, 0.29) is 18.8 Å². The lowest BCUT2D eigenvalue weighted by Gasteiger charge is -2.43. The first-order valence-electron chi connectivity index (χ1n) is 12.2. The van der Waals surface area contributed by atoms with Crippen LogP contribution in [0, 0.1) is 23.7 Å². The van der Waals surface area contributed by atoms with Crippen molar-refractivity contribution < 1.29 is 57.1 Å². The lowest BCUT2D eigenvalue weighted by Crippen LogP contribution is -2.71. The number of hydrogen-bond donors (Lipinski definition) is 0. The molecule has 2 aliphatic rings. The molecule has 0 aromatic heterocycles. The fraction of sp³-hybridized carbons (Fsp3) is 1.00. The van der Waals surface area contributed by atoms with Crippen LogP contribution in [0.2, 0.25) is 0 Å². The number of halogens is 13. The molecule has 36 heavy (non-hydrogen) atoms. The van der Waals surface area contributed by atoms with Crippen molar-refractivity contribution in [2.75, 3.05) is 0 Å². The van der Waals surface area contributed by atoms with Gasteiger partial charge in [-0.25, -0.2) is 0 Å². The van der Waals surface area contributed by atoms with Crippen LogP contribution < -0.4 is 0 Å². The van der Waals surface area contributed by atoms with Crippen LogP contribution in [0.4, 0.5) is 57.1 Å². The standard InChI is InChI=1S/C23H31F13/c1-2-3-14-4-6-15(7-5-14)8-9-16-10-12-17(13-11-16)18(24,25)19(26,27)20(28,29)21(30,31)22(32,33)23(34,35)36/h14-17H,2-13H2,1H3. The molecule has 0 atom stereocenters. The third kappa shape index (κ3) is 5.59. The van der Waals surface area contributed by atoms with Gasteiger partial charge in [0.15, 0.2) is 0 Å². The van der Waals surface area contributed by atoms with Gasteiger partial charge in [0.2, 0.25) is 0 Å². The Bertz CT molecular complexity index is 697. The summed E-state index contributed by atoms with van der Waals surface area (Å²) in [6.07, 6.45) is -1.32. The van der Waals surface area contributed by atoms with Gasteiger partial charge in [0.25, 0.3) is 0 Å². The summed E-state index contributed by atoms with van der Waals surface area (Å²) in [5.74, 6) is -37.9. The van der Waals surface area contributed by atoms with E-state index in [1.807, 2.05) is 0 Å². The molecule has 0 nitrogen and oxygen atoms in total. The van der Waals surface area contributed by atoms with Gasteiger partial charge in [0, 0.05) is 5.92 Å². The third-order valence-electron chi connectivity index (χ3n) is 7.96. The minimum atomic E-state index is -7.82. The average Bonchev–Trinajstić information content (AvgIpc) is 2.78. The predicted molar refractivity (Wildman–Crippen MR) is 106 cm³/mol. The first-order valence-corrected chi connectivity index (χ1v) is 12.2. The molecular weight excluding hydrogens is 523 g/mol. The van der Waals surface area contributed by atoms with E-state index in [0.29, 0.717) is 18.3 Å². The van der Waals surface area contributed by atoms with E-state index < -0.39 is 54.5 Å². The minimum Gasteiger partial charge on any atom is -0.199 e. The Labute approximate surface area is 201 Å². The molecule has 214 valence electrons. The van der Waals surface area contributed by atoms with E-state index >= 15 is 0 Å². The highest BCUT2D eigenvalue weighted by molar-refractivity contribution is 5.11. The van der Waals surface area contributed by atoms with Gasteiger partial charge in [-0.15, -0.1) is 0 Å². The molecule has 2 aliphatic carbocycles. The maximum absolute atomic E-state index is 14.4. The third-order valence-corrected chi connectivity index (χ3v) is 7.96. The monoisotopic (exact) mass is 554 g/mol. The minimum absolute atomic E-state index is 0.0950. The first kappa shape index (κ1) is 31.3. The molecule has 0 radical (unpaired) electrons. The Hall–Kier alpha value is -0.910. The quantitative estimate of drug-likeness (QED) is 0.236. The van der Waals surface area contributed by atoms with Crippen LogP contribution in [0.15, 0.2) is 0 Å². The van der Waals surface area contributed by atoms with Crippen LogP contribution in [0.1, 0.15) is 84.0 Å². The highest BCUT2D eigenvalue weighted by atomic mass is 19.4.